The van der Waals surface area contributed by atoms with E-state index >= 15 is 0 Å². The Morgan fingerprint density at radius 2 is 2.00 bits per heavy atom. The van der Waals surface area contributed by atoms with Gasteiger partial charge in [0.15, 0.2) is 0 Å². The molecule has 0 amide bonds. The Morgan fingerprint density at radius 3 is 2.30 bits per heavy atom. The summed E-state index contributed by atoms with van der Waals surface area (Å²) in [6, 6.07) is 0. The summed E-state index contributed by atoms with van der Waals surface area (Å²) < 4.78 is 28.2. The largest absolute Gasteiger partial charge is 1.00 e. The Labute approximate surface area is 85.0 Å². The quantitative estimate of drug-likeness (QED) is 0.304. The van der Waals surface area contributed by atoms with Crippen LogP contribution < -0.4 is 29.6 Å². The number of hydrogen-bond donors (Lipinski definition) is 1. The molecule has 0 saturated heterocycles. The summed E-state index contributed by atoms with van der Waals surface area (Å²) in [7, 11) is -3.78. The number of allylic oxidation sites excluding steroid dienone is 1. The molecule has 0 aromatic carbocycles. The zero-order valence-electron chi connectivity index (χ0n) is 7.24. The van der Waals surface area contributed by atoms with Gasteiger partial charge in [0.05, 0.1) is 5.75 Å². The zero-order valence-corrected chi connectivity index (χ0v) is 9.06. The molecule has 0 aliphatic carbocycles. The molecule has 0 heterocycles. The maximum absolute atomic E-state index is 10.0. The molecule has 3 nitrogen and oxygen atoms in total. The van der Waals surface area contributed by atoms with Crippen molar-refractivity contribution in [3.8, 4) is 0 Å². The van der Waals surface area contributed by atoms with Crippen molar-refractivity contribution in [3.63, 3.8) is 0 Å². The first kappa shape index (κ1) is 13.3. The third-order valence-electron chi connectivity index (χ3n) is 0.709. The van der Waals surface area contributed by atoms with Crippen molar-refractivity contribution < 1.29 is 44.0 Å². The van der Waals surface area contributed by atoms with Gasteiger partial charge in [0, 0.05) is 0 Å². The Kier molecular flexibility index (Phi) is 8.44. The van der Waals surface area contributed by atoms with Gasteiger partial charge in [-0.15, -0.1) is 0 Å². The van der Waals surface area contributed by atoms with Crippen LogP contribution in [0.25, 0.3) is 0 Å². The molecule has 0 aliphatic heterocycles. The van der Waals surface area contributed by atoms with Gasteiger partial charge >= 0.3 is 29.6 Å². The average Bonchev–Trinajstić information content (AvgIpc) is 1.63. The minimum Gasteiger partial charge on any atom is -1.00 e. The molecule has 1 N–H and O–H groups in total. The Hall–Kier alpha value is 0.650. The summed E-state index contributed by atoms with van der Waals surface area (Å²) in [5, 5.41) is 0. The smallest absolute Gasteiger partial charge is 1.00 e. The fourth-order valence-electron chi connectivity index (χ4n) is 0.356. The molecule has 0 aromatic rings. The summed E-state index contributed by atoms with van der Waals surface area (Å²) in [5.41, 5.74) is 0. The van der Waals surface area contributed by atoms with E-state index in [-0.39, 0.29) is 36.7 Å². The monoisotopic (exact) mass is 174 g/mol. The van der Waals surface area contributed by atoms with Crippen molar-refractivity contribution in [2.45, 2.75) is 13.3 Å². The Bertz CT molecular complexity index is 188. The molecule has 5 heteroatoms. The van der Waals surface area contributed by atoms with Gasteiger partial charge in [-0.1, -0.05) is 19.1 Å². The molecular weight excluding hydrogens is 163 g/mol. The Morgan fingerprint density at radius 1 is 1.50 bits per heavy atom. The van der Waals surface area contributed by atoms with Gasteiger partial charge in [-0.2, -0.15) is 8.42 Å². The molecule has 0 aliphatic rings. The van der Waals surface area contributed by atoms with Crippen LogP contribution in [-0.2, 0) is 10.1 Å². The fraction of sp³-hybridized carbons (Fsp3) is 0.600. The Balaban J connectivity index is -0.000000320. The van der Waals surface area contributed by atoms with Crippen LogP contribution in [0, 0.1) is 0 Å². The van der Waals surface area contributed by atoms with E-state index in [1.807, 2.05) is 6.92 Å². The molecule has 0 radical (unpaired) electrons. The van der Waals surface area contributed by atoms with Crippen LogP contribution in [0.4, 0.5) is 0 Å². The molecule has 0 saturated carbocycles. The van der Waals surface area contributed by atoms with Crippen LogP contribution in [0.3, 0.4) is 0 Å². The second kappa shape index (κ2) is 6.37. The minimum atomic E-state index is -3.78. The number of rotatable bonds is 3. The van der Waals surface area contributed by atoms with E-state index < -0.39 is 10.1 Å². The third kappa shape index (κ3) is 11.4. The van der Waals surface area contributed by atoms with Crippen LogP contribution in [0.2, 0.25) is 0 Å². The van der Waals surface area contributed by atoms with E-state index in [2.05, 4.69) is 0 Å². The molecule has 0 fully saturated rings. The van der Waals surface area contributed by atoms with Crippen LogP contribution >= 0.6 is 0 Å². The van der Waals surface area contributed by atoms with E-state index in [9.17, 15) is 8.42 Å². The van der Waals surface area contributed by atoms with Gasteiger partial charge in [-0.3, -0.25) is 4.55 Å². The molecular formula is C5H11NaO3S. The SMILES string of the molecule is CCC=CCS(=O)(=O)O.[H-].[Na+]. The molecule has 10 heavy (non-hydrogen) atoms. The van der Waals surface area contributed by atoms with E-state index in [0.717, 1.165) is 6.42 Å². The number of hydrogen-bond acceptors (Lipinski definition) is 2. The van der Waals surface area contributed by atoms with Gasteiger partial charge < -0.3 is 1.43 Å². The standard InChI is InChI=1S/C5H10O3S.Na.H/c1-2-3-4-5-9(6,7)8;;/h3-4H,2,5H2,1H3,(H,6,7,8);;/q;+1;-1. The van der Waals surface area contributed by atoms with Gasteiger partial charge in [0.25, 0.3) is 10.1 Å². The fourth-order valence-corrected chi connectivity index (χ4v) is 0.736. The first-order valence-electron chi connectivity index (χ1n) is 2.66. The zero-order chi connectivity index (χ0) is 7.33. The predicted molar refractivity (Wildman–Crippen MR) is 37.0 cm³/mol. The summed E-state index contributed by atoms with van der Waals surface area (Å²) in [4.78, 5) is 0. The summed E-state index contributed by atoms with van der Waals surface area (Å²) in [6.07, 6.45) is 3.90. The van der Waals surface area contributed by atoms with Crippen molar-refractivity contribution >= 4 is 10.1 Å². The van der Waals surface area contributed by atoms with Crippen molar-refractivity contribution in [2.24, 2.45) is 0 Å². The second-order valence-electron chi connectivity index (χ2n) is 1.63. The van der Waals surface area contributed by atoms with Crippen LogP contribution in [0.15, 0.2) is 12.2 Å². The maximum atomic E-state index is 10.0. The molecule has 0 bridgehead atoms. The van der Waals surface area contributed by atoms with E-state index in [4.69, 9.17) is 4.55 Å². The van der Waals surface area contributed by atoms with Gasteiger partial charge in [0.2, 0.25) is 0 Å². The van der Waals surface area contributed by atoms with Crippen LogP contribution in [-0.4, -0.2) is 18.7 Å². The second-order valence-corrected chi connectivity index (χ2v) is 3.13. The topological polar surface area (TPSA) is 54.4 Å². The van der Waals surface area contributed by atoms with Crippen molar-refractivity contribution in [3.05, 3.63) is 12.2 Å². The predicted octanol–water partition coefficient (Wildman–Crippen LogP) is -2.04. The first-order chi connectivity index (χ1) is 4.06. The summed E-state index contributed by atoms with van der Waals surface area (Å²) in [5.74, 6) is -0.277. The van der Waals surface area contributed by atoms with Crippen molar-refractivity contribution in [2.75, 3.05) is 5.75 Å². The summed E-state index contributed by atoms with van der Waals surface area (Å²) in [6.45, 7) is 1.89. The van der Waals surface area contributed by atoms with Gasteiger partial charge in [-0.25, -0.2) is 0 Å². The summed E-state index contributed by atoms with van der Waals surface area (Å²) >= 11 is 0. The first-order valence-corrected chi connectivity index (χ1v) is 4.27. The van der Waals surface area contributed by atoms with E-state index in [1.165, 1.54) is 6.08 Å². The normalized spacial score (nSPS) is 11.4. The molecule has 0 unspecified atom stereocenters. The van der Waals surface area contributed by atoms with E-state index in [0.29, 0.717) is 0 Å². The maximum Gasteiger partial charge on any atom is 1.00 e. The molecule has 0 aromatic heterocycles. The van der Waals surface area contributed by atoms with Crippen LogP contribution in [0.1, 0.15) is 14.8 Å². The van der Waals surface area contributed by atoms with Gasteiger partial charge in [0.1, 0.15) is 0 Å². The average molecular weight is 174 g/mol. The van der Waals surface area contributed by atoms with Crippen LogP contribution in [0.5, 0.6) is 0 Å². The molecule has 0 atom stereocenters. The van der Waals surface area contributed by atoms with Crippen molar-refractivity contribution in [1.82, 2.24) is 0 Å². The molecule has 56 valence electrons. The van der Waals surface area contributed by atoms with Crippen molar-refractivity contribution in [1.29, 1.82) is 0 Å². The van der Waals surface area contributed by atoms with E-state index in [1.54, 1.807) is 6.08 Å². The minimum absolute atomic E-state index is 0. The van der Waals surface area contributed by atoms with Gasteiger partial charge in [-0.05, 0) is 6.42 Å². The molecule has 0 spiro atoms. The molecule has 0 rings (SSSR count). The third-order valence-corrected chi connectivity index (χ3v) is 1.32.